The van der Waals surface area contributed by atoms with E-state index in [-0.39, 0.29) is 25.4 Å². The Balaban J connectivity index is 1.75. The number of hydrogen-bond acceptors (Lipinski definition) is 5. The molecule has 1 aliphatic heterocycles. The number of carbonyl (C=O) groups excluding carboxylic acids is 1. The van der Waals surface area contributed by atoms with Gasteiger partial charge >= 0.3 is 17.9 Å². The van der Waals surface area contributed by atoms with Crippen LogP contribution in [0.5, 0.6) is 0 Å². The molecule has 0 aromatic carbocycles. The molecule has 1 heterocycles. The molecule has 0 spiro atoms. The van der Waals surface area contributed by atoms with Gasteiger partial charge in [-0.3, -0.25) is 14.4 Å². The van der Waals surface area contributed by atoms with Crippen molar-refractivity contribution < 1.29 is 34.1 Å². The summed E-state index contributed by atoms with van der Waals surface area (Å²) in [6, 6.07) is 0. The summed E-state index contributed by atoms with van der Waals surface area (Å²) in [5.41, 5.74) is 0. The molecule has 7 heteroatoms. The summed E-state index contributed by atoms with van der Waals surface area (Å²) < 4.78 is 10.6. The van der Waals surface area contributed by atoms with E-state index in [4.69, 9.17) is 14.6 Å². The van der Waals surface area contributed by atoms with Crippen molar-refractivity contribution in [1.29, 1.82) is 0 Å². The Morgan fingerprint density at radius 2 is 1.83 bits per heavy atom. The number of carboxylic acids is 2. The second kappa shape index (κ2) is 7.77. The average Bonchev–Trinajstić information content (AvgIpc) is 3.27. The lowest BCUT2D eigenvalue weighted by atomic mass is 9.89. The van der Waals surface area contributed by atoms with Crippen LogP contribution in [0.2, 0.25) is 0 Å². The molecule has 1 saturated carbocycles. The summed E-state index contributed by atoms with van der Waals surface area (Å²) in [5, 5.41) is 18.2. The van der Waals surface area contributed by atoms with Crippen molar-refractivity contribution in [3.8, 4) is 0 Å². The minimum absolute atomic E-state index is 0.0582. The maximum Gasteiger partial charge on any atom is 0.307 e. The van der Waals surface area contributed by atoms with Crippen LogP contribution < -0.4 is 0 Å². The highest BCUT2D eigenvalue weighted by molar-refractivity contribution is 5.79. The number of carbonyl (C=O) groups is 3. The molecule has 23 heavy (non-hydrogen) atoms. The molecule has 1 aliphatic carbocycles. The van der Waals surface area contributed by atoms with Crippen LogP contribution in [0.1, 0.15) is 45.4 Å². The predicted molar refractivity (Wildman–Crippen MR) is 78.7 cm³/mol. The van der Waals surface area contributed by atoms with Crippen molar-refractivity contribution in [2.45, 2.75) is 57.7 Å². The van der Waals surface area contributed by atoms with Crippen molar-refractivity contribution in [1.82, 2.24) is 0 Å². The van der Waals surface area contributed by atoms with Crippen molar-refractivity contribution >= 4 is 17.9 Å². The van der Waals surface area contributed by atoms with E-state index in [9.17, 15) is 19.5 Å². The second-order valence-electron chi connectivity index (χ2n) is 6.49. The van der Waals surface area contributed by atoms with Crippen LogP contribution in [0.25, 0.3) is 0 Å². The largest absolute Gasteiger partial charge is 0.481 e. The SMILES string of the molecule is CCC(CC(CC(=O)OCC1CCC2OC2C1)C(=O)O)C(=O)O. The number of rotatable bonds is 9. The van der Waals surface area contributed by atoms with Crippen LogP contribution in [0.4, 0.5) is 0 Å². The van der Waals surface area contributed by atoms with Gasteiger partial charge in [-0.05, 0) is 38.0 Å². The lowest BCUT2D eigenvalue weighted by Gasteiger charge is -2.20. The third kappa shape index (κ3) is 5.20. The van der Waals surface area contributed by atoms with Gasteiger partial charge in [0.1, 0.15) is 0 Å². The zero-order valence-electron chi connectivity index (χ0n) is 13.3. The van der Waals surface area contributed by atoms with Gasteiger partial charge in [-0.1, -0.05) is 6.92 Å². The van der Waals surface area contributed by atoms with Gasteiger partial charge in [-0.15, -0.1) is 0 Å². The third-order valence-electron chi connectivity index (χ3n) is 4.77. The van der Waals surface area contributed by atoms with Crippen LogP contribution in [-0.4, -0.2) is 46.9 Å². The summed E-state index contributed by atoms with van der Waals surface area (Å²) in [6.45, 7) is 1.97. The zero-order valence-corrected chi connectivity index (χ0v) is 13.3. The Morgan fingerprint density at radius 1 is 1.13 bits per heavy atom. The fraction of sp³-hybridized carbons (Fsp3) is 0.812. The quantitative estimate of drug-likeness (QED) is 0.489. The highest BCUT2D eigenvalue weighted by Gasteiger charge is 2.44. The molecular formula is C16H24O7. The maximum absolute atomic E-state index is 11.9. The Bertz CT molecular complexity index is 461. The number of aliphatic carboxylic acids is 2. The van der Waals surface area contributed by atoms with Crippen LogP contribution in [0, 0.1) is 17.8 Å². The number of epoxide rings is 1. The summed E-state index contributed by atoms with van der Waals surface area (Å²) in [6.07, 6.45) is 3.51. The number of fused-ring (bicyclic) bond motifs is 1. The molecule has 130 valence electrons. The molecule has 5 atom stereocenters. The van der Waals surface area contributed by atoms with E-state index in [1.807, 2.05) is 0 Å². The lowest BCUT2D eigenvalue weighted by molar-refractivity contribution is -0.154. The molecule has 5 unspecified atom stereocenters. The molecular weight excluding hydrogens is 304 g/mol. The van der Waals surface area contributed by atoms with Crippen LogP contribution in [-0.2, 0) is 23.9 Å². The van der Waals surface area contributed by atoms with Crippen molar-refractivity contribution in [3.63, 3.8) is 0 Å². The number of carboxylic acid groups (broad SMARTS) is 2. The van der Waals surface area contributed by atoms with E-state index in [0.717, 1.165) is 19.3 Å². The van der Waals surface area contributed by atoms with Gasteiger partial charge in [0.2, 0.25) is 0 Å². The van der Waals surface area contributed by atoms with Crippen molar-refractivity contribution in [2.75, 3.05) is 6.61 Å². The molecule has 0 amide bonds. The molecule has 2 rings (SSSR count). The van der Waals surface area contributed by atoms with Gasteiger partial charge in [0.15, 0.2) is 0 Å². The van der Waals surface area contributed by atoms with Gasteiger partial charge in [0.05, 0.1) is 37.1 Å². The molecule has 0 aromatic heterocycles. The molecule has 2 aliphatic rings. The average molecular weight is 328 g/mol. The Labute approximate surface area is 135 Å². The number of hydrogen-bond donors (Lipinski definition) is 2. The summed E-state index contributed by atoms with van der Waals surface area (Å²) in [4.78, 5) is 34.1. The third-order valence-corrected chi connectivity index (χ3v) is 4.77. The normalized spacial score (nSPS) is 28.3. The minimum Gasteiger partial charge on any atom is -0.481 e. The van der Waals surface area contributed by atoms with Gasteiger partial charge in [-0.2, -0.15) is 0 Å². The number of ether oxygens (including phenoxy) is 2. The Hall–Kier alpha value is -1.63. The van der Waals surface area contributed by atoms with Gasteiger partial charge < -0.3 is 19.7 Å². The molecule has 1 saturated heterocycles. The van der Waals surface area contributed by atoms with E-state index in [1.165, 1.54) is 0 Å². The minimum atomic E-state index is -1.16. The standard InChI is InChI=1S/C16H24O7/c1-2-10(15(18)19)6-11(16(20)21)7-14(17)22-8-9-3-4-12-13(5-9)23-12/h9-13H,2-8H2,1H3,(H,18,19)(H,20,21). The topological polar surface area (TPSA) is 113 Å². The van der Waals surface area contributed by atoms with E-state index in [2.05, 4.69) is 0 Å². The second-order valence-corrected chi connectivity index (χ2v) is 6.49. The Morgan fingerprint density at radius 3 is 2.39 bits per heavy atom. The summed E-state index contributed by atoms with van der Waals surface area (Å²) >= 11 is 0. The smallest absolute Gasteiger partial charge is 0.307 e. The highest BCUT2D eigenvalue weighted by Crippen LogP contribution is 2.39. The van der Waals surface area contributed by atoms with Gasteiger partial charge in [0.25, 0.3) is 0 Å². The van der Waals surface area contributed by atoms with E-state index < -0.39 is 29.7 Å². The number of esters is 1. The van der Waals surface area contributed by atoms with Gasteiger partial charge in [-0.25, -0.2) is 0 Å². The molecule has 0 aromatic rings. The zero-order chi connectivity index (χ0) is 17.0. The molecule has 7 nitrogen and oxygen atoms in total. The van der Waals surface area contributed by atoms with Gasteiger partial charge in [0, 0.05) is 0 Å². The fourth-order valence-electron chi connectivity index (χ4n) is 3.17. The van der Waals surface area contributed by atoms with Crippen molar-refractivity contribution in [2.24, 2.45) is 17.8 Å². The summed E-state index contributed by atoms with van der Waals surface area (Å²) in [5.74, 6) is -4.27. The fourth-order valence-corrected chi connectivity index (χ4v) is 3.17. The lowest BCUT2D eigenvalue weighted by Crippen LogP contribution is -2.26. The first-order valence-electron chi connectivity index (χ1n) is 8.17. The van der Waals surface area contributed by atoms with Crippen molar-refractivity contribution in [3.05, 3.63) is 0 Å². The first-order valence-corrected chi connectivity index (χ1v) is 8.17. The van der Waals surface area contributed by atoms with E-state index in [1.54, 1.807) is 6.92 Å². The highest BCUT2D eigenvalue weighted by atomic mass is 16.6. The summed E-state index contributed by atoms with van der Waals surface area (Å²) in [7, 11) is 0. The maximum atomic E-state index is 11.9. The predicted octanol–water partition coefficient (Wildman–Crippen LogP) is 1.69. The Kier molecular flexibility index (Phi) is 5.98. The van der Waals surface area contributed by atoms with Crippen LogP contribution in [0.3, 0.4) is 0 Å². The molecule has 0 bridgehead atoms. The first kappa shape index (κ1) is 17.7. The molecule has 2 N–H and O–H groups in total. The van der Waals surface area contributed by atoms with E-state index >= 15 is 0 Å². The van der Waals surface area contributed by atoms with E-state index in [0.29, 0.717) is 18.6 Å². The molecule has 2 fully saturated rings. The van der Waals surface area contributed by atoms with Crippen LogP contribution >= 0.6 is 0 Å². The molecule has 0 radical (unpaired) electrons. The monoisotopic (exact) mass is 328 g/mol. The first-order chi connectivity index (χ1) is 10.9. The van der Waals surface area contributed by atoms with Crippen LogP contribution in [0.15, 0.2) is 0 Å².